The quantitative estimate of drug-likeness (QED) is 0.806. The summed E-state index contributed by atoms with van der Waals surface area (Å²) in [5, 5.41) is 0. The summed E-state index contributed by atoms with van der Waals surface area (Å²) < 4.78 is 4.91. The molecule has 24 heavy (non-hydrogen) atoms. The number of hydrogen-bond donors (Lipinski definition) is 0. The van der Waals surface area contributed by atoms with Gasteiger partial charge in [-0.2, -0.15) is 0 Å². The van der Waals surface area contributed by atoms with Crippen molar-refractivity contribution in [2.75, 3.05) is 26.2 Å². The molecule has 5 heteroatoms. The minimum Gasteiger partial charge on any atom is -0.448 e. The molecule has 0 radical (unpaired) electrons. The summed E-state index contributed by atoms with van der Waals surface area (Å²) in [5.74, 6) is 0.225. The fourth-order valence-corrected chi connectivity index (χ4v) is 3.62. The minimum absolute atomic E-state index is 0.225. The fourth-order valence-electron chi connectivity index (χ4n) is 3.62. The van der Waals surface area contributed by atoms with E-state index in [-0.39, 0.29) is 12.0 Å². The molecular formula is C19H26N2O3. The van der Waals surface area contributed by atoms with Crippen LogP contribution in [0.5, 0.6) is 0 Å². The Morgan fingerprint density at radius 2 is 2.00 bits per heavy atom. The highest BCUT2D eigenvalue weighted by atomic mass is 16.6. The van der Waals surface area contributed by atoms with Crippen LogP contribution in [0.25, 0.3) is 0 Å². The monoisotopic (exact) mass is 330 g/mol. The molecule has 0 saturated carbocycles. The van der Waals surface area contributed by atoms with Gasteiger partial charge in [-0.15, -0.1) is 0 Å². The Bertz CT molecular complexity index is 561. The van der Waals surface area contributed by atoms with Crippen LogP contribution in [0.15, 0.2) is 30.3 Å². The van der Waals surface area contributed by atoms with E-state index in [2.05, 4.69) is 29.2 Å². The Morgan fingerprint density at radius 1 is 1.17 bits per heavy atom. The van der Waals surface area contributed by atoms with Crippen molar-refractivity contribution in [2.45, 2.75) is 44.6 Å². The van der Waals surface area contributed by atoms with Gasteiger partial charge in [0, 0.05) is 25.6 Å². The van der Waals surface area contributed by atoms with Crippen LogP contribution < -0.4 is 0 Å². The average Bonchev–Trinajstić information content (AvgIpc) is 3.01. The van der Waals surface area contributed by atoms with Crippen LogP contribution in [-0.2, 0) is 16.0 Å². The topological polar surface area (TPSA) is 49.9 Å². The number of carbonyl (C=O) groups is 2. The Hall–Kier alpha value is -2.04. The van der Waals surface area contributed by atoms with Crippen LogP contribution >= 0.6 is 0 Å². The molecule has 0 unspecified atom stereocenters. The first kappa shape index (κ1) is 16.8. The zero-order chi connectivity index (χ0) is 16.8. The summed E-state index contributed by atoms with van der Waals surface area (Å²) in [6.45, 7) is 2.59. The zero-order valence-electron chi connectivity index (χ0n) is 14.2. The van der Waals surface area contributed by atoms with Gasteiger partial charge >= 0.3 is 6.09 Å². The number of cyclic esters (lactones) is 1. The molecule has 1 atom stereocenters. The summed E-state index contributed by atoms with van der Waals surface area (Å²) in [6, 6.07) is 10.7. The molecule has 2 aliphatic heterocycles. The van der Waals surface area contributed by atoms with Crippen molar-refractivity contribution in [3.63, 3.8) is 0 Å². The number of ether oxygens (including phenoxy) is 1. The van der Waals surface area contributed by atoms with E-state index < -0.39 is 0 Å². The molecule has 2 saturated heterocycles. The molecular weight excluding hydrogens is 304 g/mol. The van der Waals surface area contributed by atoms with Crippen molar-refractivity contribution >= 4 is 12.0 Å². The van der Waals surface area contributed by atoms with E-state index in [4.69, 9.17) is 4.74 Å². The molecule has 2 fully saturated rings. The van der Waals surface area contributed by atoms with E-state index in [1.807, 2.05) is 6.07 Å². The third-order valence-electron chi connectivity index (χ3n) is 4.93. The molecule has 0 N–H and O–H groups in total. The first-order valence-corrected chi connectivity index (χ1v) is 8.99. The van der Waals surface area contributed by atoms with E-state index in [9.17, 15) is 9.59 Å². The predicted molar refractivity (Wildman–Crippen MR) is 91.7 cm³/mol. The lowest BCUT2D eigenvalue weighted by Gasteiger charge is -2.36. The molecule has 3 rings (SSSR count). The number of likely N-dealkylation sites (tertiary alicyclic amines) is 1. The van der Waals surface area contributed by atoms with Crippen LogP contribution in [-0.4, -0.2) is 54.1 Å². The number of piperidine rings is 1. The largest absolute Gasteiger partial charge is 0.448 e. The van der Waals surface area contributed by atoms with E-state index in [1.54, 1.807) is 4.90 Å². The van der Waals surface area contributed by atoms with Gasteiger partial charge in [-0.3, -0.25) is 4.79 Å². The van der Waals surface area contributed by atoms with Gasteiger partial charge in [-0.1, -0.05) is 30.3 Å². The number of hydrogen-bond acceptors (Lipinski definition) is 3. The molecule has 1 aromatic rings. The lowest BCUT2D eigenvalue weighted by molar-refractivity contribution is -0.135. The Kier molecular flexibility index (Phi) is 5.72. The van der Waals surface area contributed by atoms with Crippen LogP contribution in [0.4, 0.5) is 4.79 Å². The highest BCUT2D eigenvalue weighted by Gasteiger charge is 2.27. The molecule has 5 nitrogen and oxygen atoms in total. The maximum Gasteiger partial charge on any atom is 0.409 e. The third-order valence-corrected chi connectivity index (χ3v) is 4.93. The molecule has 2 heterocycles. The van der Waals surface area contributed by atoms with Crippen molar-refractivity contribution < 1.29 is 14.3 Å². The van der Waals surface area contributed by atoms with Gasteiger partial charge in [0.25, 0.3) is 0 Å². The Labute approximate surface area is 143 Å². The molecule has 1 aromatic carbocycles. The summed E-state index contributed by atoms with van der Waals surface area (Å²) in [4.78, 5) is 27.8. The summed E-state index contributed by atoms with van der Waals surface area (Å²) in [6.07, 6.45) is 5.28. The molecule has 0 bridgehead atoms. The maximum atomic E-state index is 12.6. The fraction of sp³-hybridized carbons (Fsp3) is 0.579. The van der Waals surface area contributed by atoms with Crippen molar-refractivity contribution in [1.82, 2.24) is 9.80 Å². The van der Waals surface area contributed by atoms with Gasteiger partial charge in [-0.05, 0) is 37.7 Å². The number of benzene rings is 1. The van der Waals surface area contributed by atoms with Gasteiger partial charge in [-0.25, -0.2) is 4.79 Å². The number of nitrogens with zero attached hydrogens (tertiary/aromatic N) is 2. The van der Waals surface area contributed by atoms with E-state index in [0.29, 0.717) is 38.6 Å². The second kappa shape index (κ2) is 8.18. The molecule has 130 valence electrons. The van der Waals surface area contributed by atoms with Crippen molar-refractivity contribution in [1.29, 1.82) is 0 Å². The molecule has 0 spiro atoms. The van der Waals surface area contributed by atoms with Gasteiger partial charge < -0.3 is 14.5 Å². The summed E-state index contributed by atoms with van der Waals surface area (Å²) >= 11 is 0. The minimum atomic E-state index is -0.248. The van der Waals surface area contributed by atoms with Crippen molar-refractivity contribution in [2.24, 2.45) is 0 Å². The van der Waals surface area contributed by atoms with Crippen molar-refractivity contribution in [3.8, 4) is 0 Å². The number of rotatable bonds is 6. The van der Waals surface area contributed by atoms with E-state index in [1.165, 1.54) is 12.0 Å². The second-order valence-corrected chi connectivity index (χ2v) is 6.63. The van der Waals surface area contributed by atoms with Crippen LogP contribution in [0, 0.1) is 0 Å². The number of amides is 2. The van der Waals surface area contributed by atoms with Crippen molar-refractivity contribution in [3.05, 3.63) is 35.9 Å². The first-order valence-electron chi connectivity index (χ1n) is 8.99. The molecule has 0 aromatic heterocycles. The summed E-state index contributed by atoms with van der Waals surface area (Å²) in [5.41, 5.74) is 1.29. The Balaban J connectivity index is 1.50. The SMILES string of the molecule is O=C1OCCN1CCCC(=O)N1CCCC[C@@H]1Cc1ccccc1. The maximum absolute atomic E-state index is 12.6. The second-order valence-electron chi connectivity index (χ2n) is 6.63. The normalized spacial score (nSPS) is 21.0. The lowest BCUT2D eigenvalue weighted by atomic mass is 9.95. The highest BCUT2D eigenvalue weighted by Crippen LogP contribution is 2.22. The standard InChI is InChI=1S/C19H26N2O3/c22-18(10-6-11-20-13-14-24-19(20)23)21-12-5-4-9-17(21)15-16-7-2-1-3-8-16/h1-3,7-8,17H,4-6,9-15H2/t17-/m1/s1. The number of carbonyl (C=O) groups excluding carboxylic acids is 2. The van der Waals surface area contributed by atoms with E-state index >= 15 is 0 Å². The smallest absolute Gasteiger partial charge is 0.409 e. The lowest BCUT2D eigenvalue weighted by Crippen LogP contribution is -2.45. The predicted octanol–water partition coefficient (Wildman–Crippen LogP) is 2.84. The first-order chi connectivity index (χ1) is 11.7. The molecule has 2 amide bonds. The average molecular weight is 330 g/mol. The Morgan fingerprint density at radius 3 is 2.75 bits per heavy atom. The summed E-state index contributed by atoms with van der Waals surface area (Å²) in [7, 11) is 0. The van der Waals surface area contributed by atoms with Crippen LogP contribution in [0.3, 0.4) is 0 Å². The zero-order valence-corrected chi connectivity index (χ0v) is 14.2. The van der Waals surface area contributed by atoms with Crippen LogP contribution in [0.1, 0.15) is 37.7 Å². The van der Waals surface area contributed by atoms with Gasteiger partial charge in [0.15, 0.2) is 0 Å². The van der Waals surface area contributed by atoms with E-state index in [0.717, 1.165) is 25.8 Å². The molecule has 0 aliphatic carbocycles. The van der Waals surface area contributed by atoms with Gasteiger partial charge in [0.1, 0.15) is 6.61 Å². The van der Waals surface area contributed by atoms with Gasteiger partial charge in [0.05, 0.1) is 6.54 Å². The third kappa shape index (κ3) is 4.28. The van der Waals surface area contributed by atoms with Crippen LogP contribution in [0.2, 0.25) is 0 Å². The molecule has 2 aliphatic rings. The highest BCUT2D eigenvalue weighted by molar-refractivity contribution is 5.76. The van der Waals surface area contributed by atoms with Gasteiger partial charge in [0.2, 0.25) is 5.91 Å².